The van der Waals surface area contributed by atoms with Crippen molar-refractivity contribution in [3.05, 3.63) is 65.9 Å². The first-order valence-corrected chi connectivity index (χ1v) is 19.8. The van der Waals surface area contributed by atoms with E-state index in [2.05, 4.69) is 76.5 Å². The molecule has 3 aliphatic heterocycles. The van der Waals surface area contributed by atoms with E-state index >= 15 is 0 Å². The second-order valence-electron chi connectivity index (χ2n) is 17.2. The number of aromatic nitrogens is 4. The number of likely N-dealkylation sites (tertiary alicyclic amines) is 2. The van der Waals surface area contributed by atoms with E-state index in [0.29, 0.717) is 19.1 Å². The summed E-state index contributed by atoms with van der Waals surface area (Å²) in [6.07, 6.45) is 2.56. The highest BCUT2D eigenvalue weighted by Crippen LogP contribution is 2.44. The number of imidazole rings is 2. The Morgan fingerprint density at radius 2 is 1.82 bits per heavy atom. The number of hydrogen-bond acceptors (Lipinski definition) is 9. The number of alkyl carbamates (subject to hydrolysis) is 1. The first kappa shape index (κ1) is 37.8. The molecule has 0 bridgehead atoms. The summed E-state index contributed by atoms with van der Waals surface area (Å²) in [6, 6.07) is 14.1. The van der Waals surface area contributed by atoms with Gasteiger partial charge in [0.05, 0.1) is 48.2 Å². The van der Waals surface area contributed by atoms with E-state index in [9.17, 15) is 14.7 Å². The van der Waals surface area contributed by atoms with E-state index in [1.54, 1.807) is 4.90 Å². The van der Waals surface area contributed by atoms with Crippen molar-refractivity contribution in [1.29, 1.82) is 0 Å². The SMILES string of the molecule is COC(=O)N[C@@H](C(C)C)C(O)N1[C@@H](C)CC[C@H]1c1nc2c(ccc3cc4c(cc32)OCc2cc(-c3cnc([C@@H]5C[C@H](C)CN5C(=O)OC(C)(C)C)[nH]3)ccc2-4)[nH]1. The molecular formula is C43H53N7O6. The molecule has 3 aromatic carbocycles. The Morgan fingerprint density at radius 1 is 1.02 bits per heavy atom. The maximum atomic E-state index is 13.1. The lowest BCUT2D eigenvalue weighted by Crippen LogP contribution is -2.55. The van der Waals surface area contributed by atoms with Crippen LogP contribution in [0.2, 0.25) is 0 Å². The number of nitrogens with zero attached hydrogens (tertiary/aromatic N) is 4. The summed E-state index contributed by atoms with van der Waals surface area (Å²) in [6.45, 7) is 14.9. The summed E-state index contributed by atoms with van der Waals surface area (Å²) in [5, 5.41) is 16.5. The van der Waals surface area contributed by atoms with Gasteiger partial charge >= 0.3 is 12.2 Å². The Hall–Kier alpha value is -5.14. The average Bonchev–Trinajstić information content (AvgIpc) is 3.97. The zero-order valence-electron chi connectivity index (χ0n) is 33.5. The normalized spacial score (nSPS) is 22.2. The predicted molar refractivity (Wildman–Crippen MR) is 214 cm³/mol. The second-order valence-corrected chi connectivity index (χ2v) is 17.2. The second kappa shape index (κ2) is 14.4. The van der Waals surface area contributed by atoms with Crippen molar-refractivity contribution in [2.45, 2.75) is 110 Å². The third kappa shape index (κ3) is 6.95. The Balaban J connectivity index is 1.06. The van der Waals surface area contributed by atoms with Gasteiger partial charge in [-0.25, -0.2) is 19.6 Å². The number of H-pyrrole nitrogens is 2. The number of carbonyl (C=O) groups is 2. The molecule has 296 valence electrons. The van der Waals surface area contributed by atoms with Crippen LogP contribution in [0.25, 0.3) is 44.2 Å². The number of nitrogens with one attached hydrogen (secondary N) is 3. The fourth-order valence-electron chi connectivity index (χ4n) is 8.80. The van der Waals surface area contributed by atoms with Gasteiger partial charge in [0.15, 0.2) is 0 Å². The summed E-state index contributed by atoms with van der Waals surface area (Å²) in [5.74, 6) is 2.66. The monoisotopic (exact) mass is 763 g/mol. The van der Waals surface area contributed by atoms with Crippen molar-refractivity contribution >= 4 is 34.0 Å². The molecule has 13 heteroatoms. The molecule has 2 saturated heterocycles. The van der Waals surface area contributed by atoms with Crippen LogP contribution in [0.3, 0.4) is 0 Å². The van der Waals surface area contributed by atoms with Crippen molar-refractivity contribution in [3.8, 4) is 28.1 Å². The maximum absolute atomic E-state index is 13.1. The maximum Gasteiger partial charge on any atom is 0.410 e. The number of aromatic amines is 2. The highest BCUT2D eigenvalue weighted by atomic mass is 16.6. The zero-order valence-corrected chi connectivity index (χ0v) is 33.5. The van der Waals surface area contributed by atoms with Crippen molar-refractivity contribution in [1.82, 2.24) is 35.1 Å². The molecule has 0 spiro atoms. The molecule has 2 fully saturated rings. The van der Waals surface area contributed by atoms with Crippen molar-refractivity contribution in [2.24, 2.45) is 11.8 Å². The number of ether oxygens (including phenoxy) is 3. The van der Waals surface area contributed by atoms with Gasteiger partial charge in [0, 0.05) is 23.5 Å². The largest absolute Gasteiger partial charge is 0.488 e. The predicted octanol–water partition coefficient (Wildman–Crippen LogP) is 8.21. The Morgan fingerprint density at radius 3 is 2.57 bits per heavy atom. The molecule has 5 aromatic rings. The molecule has 0 saturated carbocycles. The quantitative estimate of drug-likeness (QED) is 0.128. The fourth-order valence-corrected chi connectivity index (χ4v) is 8.80. The summed E-state index contributed by atoms with van der Waals surface area (Å²) < 4.78 is 17.0. The highest BCUT2D eigenvalue weighted by molar-refractivity contribution is 6.07. The Bertz CT molecular complexity index is 2290. The number of methoxy groups -OCH3 is 1. The van der Waals surface area contributed by atoms with Gasteiger partial charge in [0.1, 0.15) is 35.8 Å². The van der Waals surface area contributed by atoms with E-state index in [1.165, 1.54) is 7.11 Å². The van der Waals surface area contributed by atoms with Crippen LogP contribution in [0.1, 0.15) is 97.0 Å². The van der Waals surface area contributed by atoms with Crippen molar-refractivity contribution in [2.75, 3.05) is 13.7 Å². The number of aliphatic hydroxyl groups excluding tert-OH is 1. The molecular weight excluding hydrogens is 711 g/mol. The first-order valence-electron chi connectivity index (χ1n) is 19.8. The number of rotatable bonds is 7. The number of carbonyl (C=O) groups excluding carboxylic acids is 2. The van der Waals surface area contributed by atoms with E-state index in [1.807, 2.05) is 40.8 Å². The van der Waals surface area contributed by atoms with Crippen LogP contribution >= 0.6 is 0 Å². The van der Waals surface area contributed by atoms with Gasteiger partial charge < -0.3 is 34.6 Å². The molecule has 0 radical (unpaired) electrons. The van der Waals surface area contributed by atoms with E-state index in [0.717, 1.165) is 86.4 Å². The molecule has 0 aliphatic carbocycles. The lowest BCUT2D eigenvalue weighted by atomic mass is 9.92. The molecule has 2 amide bonds. The summed E-state index contributed by atoms with van der Waals surface area (Å²) in [5.41, 5.74) is 6.29. The van der Waals surface area contributed by atoms with E-state index in [-0.39, 0.29) is 30.1 Å². The number of benzene rings is 3. The first-order chi connectivity index (χ1) is 26.7. The van der Waals surface area contributed by atoms with E-state index < -0.39 is 24.0 Å². The van der Waals surface area contributed by atoms with Crippen LogP contribution in [0.5, 0.6) is 5.75 Å². The average molecular weight is 764 g/mol. The molecule has 5 heterocycles. The summed E-state index contributed by atoms with van der Waals surface area (Å²) >= 11 is 0. The molecule has 8 rings (SSSR count). The van der Waals surface area contributed by atoms with Crippen LogP contribution in [-0.2, 0) is 16.1 Å². The summed E-state index contributed by atoms with van der Waals surface area (Å²) in [7, 11) is 1.33. The standard InChI is InChI=1S/C43H53N7O6/c1-22(2)36(48-41(52)54-8)40(51)50-24(4)9-14-33(50)39-45-31-13-11-25-17-30-28-12-10-26(16-27(28)21-55-35(30)18-29(25)37(31)47-39)32-19-44-38(46-32)34-15-23(3)20-49(34)42(53)56-43(5,6)7/h10-13,16-19,22-24,33-34,36,40,51H,9,14-15,20-21H2,1-8H3,(H,44,46)(H,45,47)(H,48,52)/t23-,24-,33-,34-,36-,40?/m0/s1. The number of amides is 2. The number of aliphatic hydroxyl groups is 1. The van der Waals surface area contributed by atoms with Gasteiger partial charge in [-0.1, -0.05) is 39.0 Å². The van der Waals surface area contributed by atoms with Gasteiger partial charge in [0.25, 0.3) is 0 Å². The molecule has 4 N–H and O–H groups in total. The minimum absolute atomic E-state index is 0.0252. The lowest BCUT2D eigenvalue weighted by molar-refractivity contribution is -0.0613. The lowest BCUT2D eigenvalue weighted by Gasteiger charge is -2.38. The van der Waals surface area contributed by atoms with Crippen LogP contribution < -0.4 is 10.1 Å². The minimum atomic E-state index is -0.927. The van der Waals surface area contributed by atoms with Gasteiger partial charge in [-0.3, -0.25) is 9.80 Å². The summed E-state index contributed by atoms with van der Waals surface area (Å²) in [4.78, 5) is 46.1. The van der Waals surface area contributed by atoms with Crippen molar-refractivity contribution < 1.29 is 28.9 Å². The van der Waals surface area contributed by atoms with Gasteiger partial charge in [-0.05, 0) is 105 Å². The Labute approximate surface area is 327 Å². The molecule has 6 atom stereocenters. The van der Waals surface area contributed by atoms with Crippen LogP contribution in [0.4, 0.5) is 9.59 Å². The zero-order chi connectivity index (χ0) is 39.6. The third-order valence-electron chi connectivity index (χ3n) is 11.6. The van der Waals surface area contributed by atoms with Gasteiger partial charge in [0.2, 0.25) is 0 Å². The van der Waals surface area contributed by atoms with E-state index in [4.69, 9.17) is 24.2 Å². The topological polar surface area (TPSA) is 158 Å². The van der Waals surface area contributed by atoms with Gasteiger partial charge in [-0.2, -0.15) is 0 Å². The molecule has 2 aromatic heterocycles. The van der Waals surface area contributed by atoms with Crippen molar-refractivity contribution in [3.63, 3.8) is 0 Å². The Kier molecular flexibility index (Phi) is 9.72. The minimum Gasteiger partial charge on any atom is -0.488 e. The molecule has 3 aliphatic rings. The van der Waals surface area contributed by atoms with Crippen LogP contribution in [-0.4, -0.2) is 84.6 Å². The fraction of sp³-hybridized carbons (Fsp3) is 0.488. The van der Waals surface area contributed by atoms with Crippen LogP contribution in [0, 0.1) is 11.8 Å². The smallest absolute Gasteiger partial charge is 0.410 e. The molecule has 56 heavy (non-hydrogen) atoms. The number of hydrogen-bond donors (Lipinski definition) is 4. The van der Waals surface area contributed by atoms with Gasteiger partial charge in [-0.15, -0.1) is 0 Å². The molecule has 13 nitrogen and oxygen atoms in total. The van der Waals surface area contributed by atoms with Crippen LogP contribution in [0.15, 0.2) is 48.7 Å². The highest BCUT2D eigenvalue weighted by Gasteiger charge is 2.42. The number of fused-ring (bicyclic) bond motifs is 6. The molecule has 1 unspecified atom stereocenters. The third-order valence-corrected chi connectivity index (χ3v) is 11.6.